The maximum absolute atomic E-state index is 12.4. The van der Waals surface area contributed by atoms with E-state index in [0.717, 1.165) is 12.2 Å². The van der Waals surface area contributed by atoms with Crippen molar-refractivity contribution in [3.63, 3.8) is 0 Å². The smallest absolute Gasteiger partial charge is 0.242 e. The van der Waals surface area contributed by atoms with Gasteiger partial charge in [0, 0.05) is 38.1 Å². The fourth-order valence-corrected chi connectivity index (χ4v) is 3.39. The highest BCUT2D eigenvalue weighted by molar-refractivity contribution is 7.89. The molecule has 0 amide bonds. The minimum atomic E-state index is -3.50. The van der Waals surface area contributed by atoms with E-state index in [-0.39, 0.29) is 6.04 Å². The molecule has 0 aliphatic heterocycles. The first-order chi connectivity index (χ1) is 9.48. The normalized spacial score (nSPS) is 13.6. The van der Waals surface area contributed by atoms with Gasteiger partial charge in [-0.05, 0) is 26.5 Å². The van der Waals surface area contributed by atoms with Crippen LogP contribution in [0.5, 0.6) is 0 Å². The van der Waals surface area contributed by atoms with E-state index in [0.29, 0.717) is 24.5 Å². The number of hydrogen-bond donors (Lipinski definition) is 2. The summed E-state index contributed by atoms with van der Waals surface area (Å²) in [6.07, 6.45) is 2.36. The molecule has 0 fully saturated rings. The highest BCUT2D eigenvalue weighted by atomic mass is 32.2. The summed E-state index contributed by atoms with van der Waals surface area (Å²) in [6.45, 7) is 5.66. The Bertz CT molecular complexity index is 511. The maximum Gasteiger partial charge on any atom is 0.242 e. The zero-order valence-corrected chi connectivity index (χ0v) is 13.5. The first-order valence-corrected chi connectivity index (χ1v) is 8.31. The van der Waals surface area contributed by atoms with E-state index in [2.05, 4.69) is 10.0 Å². The van der Waals surface area contributed by atoms with Gasteiger partial charge in [0.25, 0.3) is 0 Å². The highest BCUT2D eigenvalue weighted by Crippen LogP contribution is 2.15. The van der Waals surface area contributed by atoms with Crippen molar-refractivity contribution in [2.45, 2.75) is 44.3 Å². The largest absolute Gasteiger partial charge is 0.383 e. The molecular weight excluding hydrogens is 278 g/mol. The van der Waals surface area contributed by atoms with Crippen LogP contribution in [0.15, 0.2) is 17.2 Å². The van der Waals surface area contributed by atoms with Crippen molar-refractivity contribution in [3.05, 3.63) is 18.0 Å². The fourth-order valence-electron chi connectivity index (χ4n) is 2.02. The van der Waals surface area contributed by atoms with Crippen molar-refractivity contribution < 1.29 is 13.2 Å². The summed E-state index contributed by atoms with van der Waals surface area (Å²) in [5, 5.41) is 3.04. The molecule has 1 aromatic heterocycles. The molecule has 0 saturated carbocycles. The molecule has 7 heteroatoms. The minimum Gasteiger partial charge on any atom is -0.383 e. The first-order valence-electron chi connectivity index (χ1n) is 6.83. The molecule has 6 nitrogen and oxygen atoms in total. The molecule has 0 aliphatic carbocycles. The molecule has 0 radical (unpaired) electrons. The molecular formula is C13H25N3O3S. The Labute approximate surface area is 121 Å². The third-order valence-electron chi connectivity index (χ3n) is 3.15. The van der Waals surface area contributed by atoms with Crippen LogP contribution in [-0.4, -0.2) is 39.8 Å². The standard InChI is InChI=1S/C13H25N3O3S/c1-5-11(10-19-4)15-20(17,18)13-7-12(8-14-3)16(6-2)9-13/h7,9,11,14-15H,5-6,8,10H2,1-4H3. The zero-order valence-electron chi connectivity index (χ0n) is 12.6. The molecule has 116 valence electrons. The minimum absolute atomic E-state index is 0.206. The maximum atomic E-state index is 12.4. The van der Waals surface area contributed by atoms with Gasteiger partial charge in [-0.2, -0.15) is 0 Å². The monoisotopic (exact) mass is 303 g/mol. The van der Waals surface area contributed by atoms with Crippen molar-refractivity contribution >= 4 is 10.0 Å². The molecule has 1 heterocycles. The number of aromatic nitrogens is 1. The van der Waals surface area contributed by atoms with E-state index in [4.69, 9.17) is 4.74 Å². The Balaban J connectivity index is 2.97. The Morgan fingerprint density at radius 2 is 2.10 bits per heavy atom. The van der Waals surface area contributed by atoms with Crippen LogP contribution >= 0.6 is 0 Å². The number of methoxy groups -OCH3 is 1. The van der Waals surface area contributed by atoms with Gasteiger partial charge in [-0.25, -0.2) is 13.1 Å². The number of rotatable bonds is 9. The van der Waals surface area contributed by atoms with Crippen LogP contribution in [0.1, 0.15) is 26.0 Å². The Kier molecular flexibility index (Phi) is 6.67. The lowest BCUT2D eigenvalue weighted by atomic mass is 10.3. The molecule has 1 rings (SSSR count). The Hall–Kier alpha value is -0.890. The summed E-state index contributed by atoms with van der Waals surface area (Å²) < 4.78 is 34.4. The predicted molar refractivity (Wildman–Crippen MR) is 79.1 cm³/mol. The van der Waals surface area contributed by atoms with Crippen LogP contribution in [0.2, 0.25) is 0 Å². The SMILES string of the molecule is CCC(COC)NS(=O)(=O)c1cc(CNC)n(CC)c1. The third-order valence-corrected chi connectivity index (χ3v) is 4.64. The van der Waals surface area contributed by atoms with Gasteiger partial charge in [-0.3, -0.25) is 0 Å². The van der Waals surface area contributed by atoms with Gasteiger partial charge in [0.1, 0.15) is 0 Å². The second-order valence-corrected chi connectivity index (χ2v) is 6.38. The predicted octanol–water partition coefficient (Wildman–Crippen LogP) is 0.931. The average molecular weight is 303 g/mol. The molecule has 0 spiro atoms. The molecule has 2 N–H and O–H groups in total. The summed E-state index contributed by atoms with van der Waals surface area (Å²) in [4.78, 5) is 0.305. The van der Waals surface area contributed by atoms with Crippen molar-refractivity contribution in [2.75, 3.05) is 20.8 Å². The number of nitrogens with zero attached hydrogens (tertiary/aromatic N) is 1. The summed E-state index contributed by atoms with van der Waals surface area (Å²) in [5.41, 5.74) is 0.954. The van der Waals surface area contributed by atoms with E-state index in [9.17, 15) is 8.42 Å². The molecule has 0 aromatic carbocycles. The molecule has 0 aliphatic rings. The van der Waals surface area contributed by atoms with Gasteiger partial charge in [0.05, 0.1) is 11.5 Å². The Morgan fingerprint density at radius 1 is 1.40 bits per heavy atom. The number of sulfonamides is 1. The second kappa shape index (κ2) is 7.78. The van der Waals surface area contributed by atoms with Gasteiger partial charge in [0.15, 0.2) is 0 Å². The molecule has 0 saturated heterocycles. The van der Waals surface area contributed by atoms with Crippen molar-refractivity contribution in [1.29, 1.82) is 0 Å². The van der Waals surface area contributed by atoms with Gasteiger partial charge in [-0.1, -0.05) is 6.92 Å². The van der Waals surface area contributed by atoms with Gasteiger partial charge in [0.2, 0.25) is 10.0 Å². The van der Waals surface area contributed by atoms with Gasteiger partial charge >= 0.3 is 0 Å². The average Bonchev–Trinajstić information content (AvgIpc) is 2.82. The lowest BCUT2D eigenvalue weighted by Gasteiger charge is -2.15. The van der Waals surface area contributed by atoms with E-state index in [1.807, 2.05) is 25.5 Å². The summed E-state index contributed by atoms with van der Waals surface area (Å²) in [6, 6.07) is 1.50. The van der Waals surface area contributed by atoms with Gasteiger partial charge < -0.3 is 14.6 Å². The van der Waals surface area contributed by atoms with Crippen LogP contribution in [0.25, 0.3) is 0 Å². The molecule has 1 unspecified atom stereocenters. The van der Waals surface area contributed by atoms with E-state index in [1.54, 1.807) is 19.4 Å². The van der Waals surface area contributed by atoms with Crippen molar-refractivity contribution in [1.82, 2.24) is 14.6 Å². The van der Waals surface area contributed by atoms with Crippen LogP contribution in [0, 0.1) is 0 Å². The summed E-state index contributed by atoms with van der Waals surface area (Å²) >= 11 is 0. The third kappa shape index (κ3) is 4.31. The number of nitrogens with one attached hydrogen (secondary N) is 2. The van der Waals surface area contributed by atoms with Crippen LogP contribution in [-0.2, 0) is 27.8 Å². The van der Waals surface area contributed by atoms with Crippen LogP contribution in [0.3, 0.4) is 0 Å². The molecule has 1 aromatic rings. The zero-order chi connectivity index (χ0) is 15.2. The van der Waals surface area contributed by atoms with E-state index < -0.39 is 10.0 Å². The fraction of sp³-hybridized carbons (Fsp3) is 0.692. The van der Waals surface area contributed by atoms with Crippen molar-refractivity contribution in [2.24, 2.45) is 0 Å². The molecule has 0 bridgehead atoms. The number of ether oxygens (including phenoxy) is 1. The number of aryl methyl sites for hydroxylation is 1. The second-order valence-electron chi connectivity index (χ2n) is 4.67. The quantitative estimate of drug-likeness (QED) is 0.712. The van der Waals surface area contributed by atoms with Crippen molar-refractivity contribution in [3.8, 4) is 0 Å². The number of hydrogen-bond acceptors (Lipinski definition) is 4. The van der Waals surface area contributed by atoms with Gasteiger partial charge in [-0.15, -0.1) is 0 Å². The summed E-state index contributed by atoms with van der Waals surface area (Å²) in [7, 11) is -0.0990. The topological polar surface area (TPSA) is 72.4 Å². The highest BCUT2D eigenvalue weighted by Gasteiger charge is 2.21. The molecule has 1 atom stereocenters. The molecule has 20 heavy (non-hydrogen) atoms. The lowest BCUT2D eigenvalue weighted by Crippen LogP contribution is -2.37. The lowest BCUT2D eigenvalue weighted by molar-refractivity contribution is 0.173. The summed E-state index contributed by atoms with van der Waals surface area (Å²) in [5.74, 6) is 0. The first kappa shape index (κ1) is 17.2. The Morgan fingerprint density at radius 3 is 2.60 bits per heavy atom. The van der Waals surface area contributed by atoms with Crippen LogP contribution < -0.4 is 10.0 Å². The van der Waals surface area contributed by atoms with E-state index in [1.165, 1.54) is 0 Å². The van der Waals surface area contributed by atoms with E-state index >= 15 is 0 Å². The van der Waals surface area contributed by atoms with Crippen LogP contribution in [0.4, 0.5) is 0 Å².